The molecule has 1 unspecified atom stereocenters. The second-order valence-corrected chi connectivity index (χ2v) is 9.03. The van der Waals surface area contributed by atoms with Gasteiger partial charge in [-0.05, 0) is 0 Å². The largest absolute Gasteiger partial charge is 0.0720 e. The Kier molecular flexibility index (Phi) is 6.87. The molecule has 0 fully saturated rings. The standard InChI is InChI=1S/C7H20Si2/c1-4-8-6-7-9(3)5-2/h9H,4-8H2,1-3H3. The van der Waals surface area contributed by atoms with Gasteiger partial charge in [-0.2, -0.15) is 0 Å². The van der Waals surface area contributed by atoms with Crippen molar-refractivity contribution >= 4 is 18.3 Å². The molecule has 0 spiro atoms. The van der Waals surface area contributed by atoms with Crippen LogP contribution in [0.3, 0.4) is 0 Å². The molecule has 0 rings (SSSR count). The van der Waals surface area contributed by atoms with E-state index in [-0.39, 0.29) is 8.80 Å². The average Bonchev–Trinajstić information content (AvgIpc) is 1.89. The lowest BCUT2D eigenvalue weighted by Crippen LogP contribution is -2.04. The van der Waals surface area contributed by atoms with Crippen molar-refractivity contribution in [1.29, 1.82) is 0 Å². The molecule has 9 heavy (non-hydrogen) atoms. The van der Waals surface area contributed by atoms with Crippen molar-refractivity contribution < 1.29 is 0 Å². The van der Waals surface area contributed by atoms with Crippen LogP contribution in [0.2, 0.25) is 30.7 Å². The number of hydrogen-bond acceptors (Lipinski definition) is 0. The zero-order chi connectivity index (χ0) is 7.11. The summed E-state index contributed by atoms with van der Waals surface area (Å²) in [6.07, 6.45) is 0. The Hall–Kier alpha value is 0.434. The molecule has 0 saturated heterocycles. The van der Waals surface area contributed by atoms with Gasteiger partial charge in [0.15, 0.2) is 0 Å². The van der Waals surface area contributed by atoms with Crippen LogP contribution in [0, 0.1) is 0 Å². The molecule has 0 aliphatic rings. The molecule has 0 N–H and O–H groups in total. The Morgan fingerprint density at radius 2 is 2.00 bits per heavy atom. The summed E-state index contributed by atoms with van der Waals surface area (Å²) in [7, 11) is 0.226. The molecular weight excluding hydrogens is 140 g/mol. The van der Waals surface area contributed by atoms with Gasteiger partial charge in [0.2, 0.25) is 0 Å². The van der Waals surface area contributed by atoms with Gasteiger partial charge in [-0.3, -0.25) is 0 Å². The highest BCUT2D eigenvalue weighted by Crippen LogP contribution is 2.02. The third-order valence-corrected chi connectivity index (χ3v) is 7.22. The topological polar surface area (TPSA) is 0 Å². The van der Waals surface area contributed by atoms with E-state index in [1.165, 1.54) is 12.1 Å². The molecule has 0 amide bonds. The molecule has 0 nitrogen and oxygen atoms in total. The molecule has 0 aliphatic heterocycles. The van der Waals surface area contributed by atoms with Crippen molar-refractivity contribution in [3.63, 3.8) is 0 Å². The minimum Gasteiger partial charge on any atom is -0.0720 e. The summed E-state index contributed by atoms with van der Waals surface area (Å²) in [6, 6.07) is 6.30. The highest BCUT2D eigenvalue weighted by atomic mass is 28.3. The van der Waals surface area contributed by atoms with Crippen LogP contribution in [0.1, 0.15) is 13.8 Å². The molecule has 0 radical (unpaired) electrons. The Morgan fingerprint density at radius 1 is 1.33 bits per heavy atom. The van der Waals surface area contributed by atoms with E-state index in [0.717, 1.165) is 0 Å². The maximum absolute atomic E-state index is 2.50. The molecule has 0 bridgehead atoms. The first-order chi connectivity index (χ1) is 4.31. The van der Waals surface area contributed by atoms with Crippen LogP contribution >= 0.6 is 0 Å². The van der Waals surface area contributed by atoms with E-state index in [9.17, 15) is 0 Å². The third kappa shape index (κ3) is 6.32. The molecular formula is C7H20Si2. The van der Waals surface area contributed by atoms with Crippen molar-refractivity contribution in [1.82, 2.24) is 0 Å². The fraction of sp³-hybridized carbons (Fsp3) is 1.00. The van der Waals surface area contributed by atoms with Crippen molar-refractivity contribution in [3.05, 3.63) is 0 Å². The van der Waals surface area contributed by atoms with Gasteiger partial charge in [0.05, 0.1) is 0 Å². The van der Waals surface area contributed by atoms with E-state index in [1.807, 2.05) is 0 Å². The second-order valence-electron chi connectivity index (χ2n) is 3.01. The van der Waals surface area contributed by atoms with E-state index in [0.29, 0.717) is 9.52 Å². The predicted molar refractivity (Wildman–Crippen MR) is 52.1 cm³/mol. The molecule has 56 valence electrons. The van der Waals surface area contributed by atoms with Crippen LogP contribution in [0.4, 0.5) is 0 Å². The van der Waals surface area contributed by atoms with E-state index in [4.69, 9.17) is 0 Å². The highest BCUT2D eigenvalue weighted by molar-refractivity contribution is 6.58. The molecule has 0 aromatic carbocycles. The summed E-state index contributed by atoms with van der Waals surface area (Å²) in [6.45, 7) is 7.19. The predicted octanol–water partition coefficient (Wildman–Crippen LogP) is 1.89. The maximum atomic E-state index is 2.50. The van der Waals surface area contributed by atoms with E-state index in [1.54, 1.807) is 12.1 Å². The SMILES string of the molecule is CC[SiH2]CC[SiH](C)CC. The summed E-state index contributed by atoms with van der Waals surface area (Å²) in [5.74, 6) is 0. The fourth-order valence-electron chi connectivity index (χ4n) is 0.947. The van der Waals surface area contributed by atoms with Gasteiger partial charge in [-0.25, -0.2) is 0 Å². The molecule has 0 aromatic rings. The summed E-state index contributed by atoms with van der Waals surface area (Å²) in [4.78, 5) is 0. The van der Waals surface area contributed by atoms with E-state index < -0.39 is 0 Å². The van der Waals surface area contributed by atoms with Gasteiger partial charge < -0.3 is 0 Å². The lowest BCUT2D eigenvalue weighted by Gasteiger charge is -2.03. The quantitative estimate of drug-likeness (QED) is 0.426. The Balaban J connectivity index is 2.88. The first-order valence-corrected chi connectivity index (χ1v) is 9.10. The summed E-state index contributed by atoms with van der Waals surface area (Å²) in [5.41, 5.74) is 0. The summed E-state index contributed by atoms with van der Waals surface area (Å²) in [5, 5.41) is 0. The molecule has 0 aliphatic carbocycles. The van der Waals surface area contributed by atoms with Crippen LogP contribution in [-0.2, 0) is 0 Å². The smallest absolute Gasteiger partial charge is 0.0331 e. The Bertz CT molecular complexity index is 54.9. The lowest BCUT2D eigenvalue weighted by atomic mass is 10.9. The lowest BCUT2D eigenvalue weighted by molar-refractivity contribution is 1.28. The van der Waals surface area contributed by atoms with Crippen molar-refractivity contribution in [3.8, 4) is 0 Å². The monoisotopic (exact) mass is 160 g/mol. The molecule has 2 heteroatoms. The zero-order valence-corrected chi connectivity index (χ0v) is 9.68. The molecule has 0 heterocycles. The van der Waals surface area contributed by atoms with Gasteiger partial charge in [-0.15, -0.1) is 0 Å². The van der Waals surface area contributed by atoms with Crippen LogP contribution < -0.4 is 0 Å². The van der Waals surface area contributed by atoms with Crippen LogP contribution in [0.5, 0.6) is 0 Å². The minimum atomic E-state index is -0.178. The van der Waals surface area contributed by atoms with Crippen molar-refractivity contribution in [2.45, 2.75) is 44.6 Å². The van der Waals surface area contributed by atoms with Gasteiger partial charge in [-0.1, -0.05) is 44.6 Å². The minimum absolute atomic E-state index is 0.178. The summed E-state index contributed by atoms with van der Waals surface area (Å²) < 4.78 is 0. The Labute approximate surface area is 63.5 Å². The third-order valence-electron chi connectivity index (χ3n) is 2.00. The average molecular weight is 160 g/mol. The normalized spacial score (nSPS) is 15.0. The van der Waals surface area contributed by atoms with Crippen LogP contribution in [0.15, 0.2) is 0 Å². The van der Waals surface area contributed by atoms with Crippen LogP contribution in [-0.4, -0.2) is 18.3 Å². The van der Waals surface area contributed by atoms with E-state index in [2.05, 4.69) is 20.4 Å². The second kappa shape index (κ2) is 6.55. The zero-order valence-electron chi connectivity index (χ0n) is 7.11. The first-order valence-electron chi connectivity index (χ1n) is 4.31. The fourth-order valence-corrected chi connectivity index (χ4v) is 5.80. The summed E-state index contributed by atoms with van der Waals surface area (Å²) >= 11 is 0. The van der Waals surface area contributed by atoms with E-state index >= 15 is 0 Å². The van der Waals surface area contributed by atoms with Crippen molar-refractivity contribution in [2.24, 2.45) is 0 Å². The number of rotatable bonds is 5. The van der Waals surface area contributed by atoms with Crippen LogP contribution in [0.25, 0.3) is 0 Å². The first kappa shape index (κ1) is 9.43. The highest BCUT2D eigenvalue weighted by Gasteiger charge is 1.98. The van der Waals surface area contributed by atoms with Gasteiger partial charge in [0.1, 0.15) is 0 Å². The van der Waals surface area contributed by atoms with Gasteiger partial charge in [0.25, 0.3) is 0 Å². The van der Waals surface area contributed by atoms with Gasteiger partial charge >= 0.3 is 0 Å². The van der Waals surface area contributed by atoms with Gasteiger partial charge in [0, 0.05) is 18.3 Å². The maximum Gasteiger partial charge on any atom is 0.0331 e. The molecule has 0 aromatic heterocycles. The Morgan fingerprint density at radius 3 is 2.44 bits per heavy atom. The van der Waals surface area contributed by atoms with Crippen molar-refractivity contribution in [2.75, 3.05) is 0 Å². The molecule has 1 atom stereocenters. The number of hydrogen-bond donors (Lipinski definition) is 0. The molecule has 0 saturated carbocycles.